The number of ether oxygens (including phenoxy) is 4. The highest BCUT2D eigenvalue weighted by Crippen LogP contribution is 2.30. The summed E-state index contributed by atoms with van der Waals surface area (Å²) in [6, 6.07) is 14.6. The maximum atomic E-state index is 11.9. The number of hydrogen-bond acceptors (Lipinski definition) is 5. The van der Waals surface area contributed by atoms with Crippen LogP contribution in [0.5, 0.6) is 23.0 Å². The van der Waals surface area contributed by atoms with Gasteiger partial charge in [-0.25, -0.2) is 0 Å². The highest BCUT2D eigenvalue weighted by atomic mass is 16.6. The fraction of sp³-hybridized carbons (Fsp3) is 0.278. The van der Waals surface area contributed by atoms with Gasteiger partial charge in [-0.3, -0.25) is 4.79 Å². The Morgan fingerprint density at radius 3 is 2.79 bits per heavy atom. The lowest BCUT2D eigenvalue weighted by Gasteiger charge is -2.26. The van der Waals surface area contributed by atoms with Gasteiger partial charge in [-0.1, -0.05) is 18.2 Å². The van der Waals surface area contributed by atoms with Crippen LogP contribution in [0.4, 0.5) is 0 Å². The number of para-hydroxylation sites is 2. The van der Waals surface area contributed by atoms with Crippen LogP contribution in [0.2, 0.25) is 0 Å². The minimum atomic E-state index is -0.222. The quantitative estimate of drug-likeness (QED) is 0.878. The van der Waals surface area contributed by atoms with E-state index in [0.717, 1.165) is 5.75 Å². The van der Waals surface area contributed by atoms with Crippen molar-refractivity contribution in [3.63, 3.8) is 0 Å². The van der Waals surface area contributed by atoms with E-state index in [0.29, 0.717) is 30.4 Å². The van der Waals surface area contributed by atoms with Crippen LogP contribution in [-0.4, -0.2) is 38.9 Å². The van der Waals surface area contributed by atoms with E-state index >= 15 is 0 Å². The van der Waals surface area contributed by atoms with Gasteiger partial charge >= 0.3 is 0 Å². The van der Waals surface area contributed by atoms with Gasteiger partial charge in [0.2, 0.25) is 0 Å². The van der Waals surface area contributed by atoms with Crippen LogP contribution >= 0.6 is 0 Å². The van der Waals surface area contributed by atoms with Crippen LogP contribution in [0.1, 0.15) is 0 Å². The highest BCUT2D eigenvalue weighted by molar-refractivity contribution is 5.77. The lowest BCUT2D eigenvalue weighted by atomic mass is 10.2. The number of rotatable bonds is 6. The van der Waals surface area contributed by atoms with E-state index in [1.54, 1.807) is 25.3 Å². The van der Waals surface area contributed by atoms with E-state index in [-0.39, 0.29) is 18.6 Å². The van der Waals surface area contributed by atoms with Crippen LogP contribution in [0, 0.1) is 0 Å². The lowest BCUT2D eigenvalue weighted by Crippen LogP contribution is -2.42. The third kappa shape index (κ3) is 4.10. The predicted octanol–water partition coefficient (Wildman–Crippen LogP) is 2.03. The van der Waals surface area contributed by atoms with Crippen molar-refractivity contribution in [2.75, 3.05) is 26.9 Å². The Labute approximate surface area is 140 Å². The zero-order valence-electron chi connectivity index (χ0n) is 13.4. The van der Waals surface area contributed by atoms with Crippen molar-refractivity contribution >= 4 is 5.91 Å². The molecule has 3 rings (SSSR count). The van der Waals surface area contributed by atoms with Crippen molar-refractivity contribution in [1.29, 1.82) is 0 Å². The van der Waals surface area contributed by atoms with Gasteiger partial charge in [-0.15, -0.1) is 0 Å². The molecule has 6 nitrogen and oxygen atoms in total. The van der Waals surface area contributed by atoms with Gasteiger partial charge in [0.15, 0.2) is 18.1 Å². The Kier molecular flexibility index (Phi) is 5.05. The summed E-state index contributed by atoms with van der Waals surface area (Å²) in [5.74, 6) is 2.45. The molecule has 0 bridgehead atoms. The first-order valence-electron chi connectivity index (χ1n) is 7.66. The van der Waals surface area contributed by atoms with E-state index in [1.165, 1.54) is 0 Å². The summed E-state index contributed by atoms with van der Waals surface area (Å²) in [5.41, 5.74) is 0. The third-order valence-corrected chi connectivity index (χ3v) is 3.51. The molecule has 1 aliphatic heterocycles. The van der Waals surface area contributed by atoms with Gasteiger partial charge in [0, 0.05) is 6.07 Å². The van der Waals surface area contributed by atoms with Crippen molar-refractivity contribution in [2.45, 2.75) is 6.10 Å². The number of benzene rings is 2. The van der Waals surface area contributed by atoms with Gasteiger partial charge in [-0.05, 0) is 24.3 Å². The Balaban J connectivity index is 1.43. The van der Waals surface area contributed by atoms with E-state index < -0.39 is 0 Å². The van der Waals surface area contributed by atoms with Gasteiger partial charge in [-0.2, -0.15) is 0 Å². The first-order valence-corrected chi connectivity index (χ1v) is 7.66. The van der Waals surface area contributed by atoms with Crippen LogP contribution < -0.4 is 24.3 Å². The number of amides is 1. The monoisotopic (exact) mass is 329 g/mol. The third-order valence-electron chi connectivity index (χ3n) is 3.51. The molecule has 2 aromatic rings. The molecule has 1 amide bonds. The largest absolute Gasteiger partial charge is 0.497 e. The fourth-order valence-electron chi connectivity index (χ4n) is 2.28. The Hall–Kier alpha value is -2.89. The van der Waals surface area contributed by atoms with Crippen molar-refractivity contribution in [3.05, 3.63) is 48.5 Å². The molecular weight excluding hydrogens is 310 g/mol. The van der Waals surface area contributed by atoms with Gasteiger partial charge in [0.05, 0.1) is 13.7 Å². The predicted molar refractivity (Wildman–Crippen MR) is 87.9 cm³/mol. The molecule has 0 unspecified atom stereocenters. The average molecular weight is 329 g/mol. The molecular formula is C18H19NO5. The minimum Gasteiger partial charge on any atom is -0.497 e. The number of hydrogen-bond donors (Lipinski definition) is 1. The zero-order chi connectivity index (χ0) is 16.8. The van der Waals surface area contributed by atoms with Crippen molar-refractivity contribution < 1.29 is 23.7 Å². The van der Waals surface area contributed by atoms with Gasteiger partial charge in [0.25, 0.3) is 5.91 Å². The number of carbonyl (C=O) groups excluding carboxylic acids is 1. The summed E-state index contributed by atoms with van der Waals surface area (Å²) in [6.07, 6.45) is -0.222. The lowest BCUT2D eigenvalue weighted by molar-refractivity contribution is -0.123. The Morgan fingerprint density at radius 2 is 1.96 bits per heavy atom. The summed E-state index contributed by atoms with van der Waals surface area (Å²) >= 11 is 0. The molecule has 1 N–H and O–H groups in total. The summed E-state index contributed by atoms with van der Waals surface area (Å²) < 4.78 is 21.9. The van der Waals surface area contributed by atoms with E-state index in [4.69, 9.17) is 18.9 Å². The second-order valence-corrected chi connectivity index (χ2v) is 5.27. The second-order valence-electron chi connectivity index (χ2n) is 5.27. The number of carbonyl (C=O) groups is 1. The van der Waals surface area contributed by atoms with E-state index in [2.05, 4.69) is 5.32 Å². The molecule has 1 aliphatic rings. The molecule has 6 heteroatoms. The summed E-state index contributed by atoms with van der Waals surface area (Å²) in [6.45, 7) is 0.681. The smallest absolute Gasteiger partial charge is 0.258 e. The molecule has 0 fully saturated rings. The van der Waals surface area contributed by atoms with Gasteiger partial charge < -0.3 is 24.3 Å². The summed E-state index contributed by atoms with van der Waals surface area (Å²) in [4.78, 5) is 11.9. The first kappa shape index (κ1) is 16.0. The Morgan fingerprint density at radius 1 is 1.17 bits per heavy atom. The molecule has 0 radical (unpaired) electrons. The standard InChI is InChI=1S/C18H19NO5/c1-21-13-5-4-6-14(9-13)22-12-18(20)19-10-15-11-23-16-7-2-3-8-17(16)24-15/h2-9,15H,10-12H2,1H3,(H,19,20)/t15-/m1/s1. The normalized spacial score (nSPS) is 15.5. The van der Waals surface area contributed by atoms with Crippen molar-refractivity contribution in [3.8, 4) is 23.0 Å². The van der Waals surface area contributed by atoms with E-state index in [1.807, 2.05) is 30.3 Å². The van der Waals surface area contributed by atoms with Crippen molar-refractivity contribution in [1.82, 2.24) is 5.32 Å². The Bertz CT molecular complexity index is 703. The topological polar surface area (TPSA) is 66.0 Å². The molecule has 126 valence electrons. The molecule has 0 aromatic heterocycles. The fourth-order valence-corrected chi connectivity index (χ4v) is 2.28. The molecule has 0 saturated heterocycles. The van der Waals surface area contributed by atoms with Gasteiger partial charge in [0.1, 0.15) is 24.2 Å². The molecule has 1 atom stereocenters. The molecule has 0 saturated carbocycles. The molecule has 0 aliphatic carbocycles. The average Bonchev–Trinajstić information content (AvgIpc) is 2.64. The summed E-state index contributed by atoms with van der Waals surface area (Å²) in [5, 5.41) is 2.78. The maximum Gasteiger partial charge on any atom is 0.258 e. The van der Waals surface area contributed by atoms with Crippen molar-refractivity contribution in [2.24, 2.45) is 0 Å². The molecule has 24 heavy (non-hydrogen) atoms. The molecule has 1 heterocycles. The number of nitrogens with one attached hydrogen (secondary N) is 1. The van der Waals surface area contributed by atoms with E-state index in [9.17, 15) is 4.79 Å². The van der Waals surface area contributed by atoms with Crippen LogP contribution in [-0.2, 0) is 4.79 Å². The number of methoxy groups -OCH3 is 1. The second kappa shape index (κ2) is 7.59. The van der Waals surface area contributed by atoms with Crippen LogP contribution in [0.25, 0.3) is 0 Å². The van der Waals surface area contributed by atoms with Crippen LogP contribution in [0.3, 0.4) is 0 Å². The molecule has 2 aromatic carbocycles. The number of fused-ring (bicyclic) bond motifs is 1. The highest BCUT2D eigenvalue weighted by Gasteiger charge is 2.21. The maximum absolute atomic E-state index is 11.9. The molecule has 0 spiro atoms. The zero-order valence-corrected chi connectivity index (χ0v) is 13.4. The minimum absolute atomic E-state index is 0.0721. The first-order chi connectivity index (χ1) is 11.7. The van der Waals surface area contributed by atoms with Crippen LogP contribution in [0.15, 0.2) is 48.5 Å². The SMILES string of the molecule is COc1cccc(OCC(=O)NC[C@@H]2COc3ccccc3O2)c1. The summed E-state index contributed by atoms with van der Waals surface area (Å²) in [7, 11) is 1.58.